The predicted octanol–water partition coefficient (Wildman–Crippen LogP) is 1.37. The Morgan fingerprint density at radius 3 is 2.78 bits per heavy atom. The minimum atomic E-state index is 0. The maximum Gasteiger partial charge on any atom is 0.191 e. The number of guanidine groups is 1. The van der Waals surface area contributed by atoms with Crippen LogP contribution in [-0.4, -0.2) is 35.7 Å². The van der Waals surface area contributed by atoms with E-state index in [9.17, 15) is 0 Å². The normalized spacial score (nSPS) is 10.9. The van der Waals surface area contributed by atoms with Crippen molar-refractivity contribution in [2.24, 2.45) is 4.99 Å². The zero-order valence-corrected chi connectivity index (χ0v) is 13.9. The molecule has 0 unspecified atom stereocenters. The molecule has 104 valence electrons. The van der Waals surface area contributed by atoms with Crippen molar-refractivity contribution in [1.82, 2.24) is 15.6 Å². The number of aliphatic hydroxyl groups is 1. The molecule has 0 spiro atoms. The molecule has 0 saturated heterocycles. The molecular weight excluding hydrogens is 363 g/mol. The first-order valence-electron chi connectivity index (χ1n) is 5.86. The van der Waals surface area contributed by atoms with Crippen LogP contribution in [-0.2, 0) is 13.0 Å². The van der Waals surface area contributed by atoms with Gasteiger partial charge in [-0.05, 0) is 13.3 Å². The summed E-state index contributed by atoms with van der Waals surface area (Å²) < 4.78 is 0. The SMILES string of the molecule is CCNC(=NCc1ncc(CC)s1)NCCO.I. The number of hydrogen-bond acceptors (Lipinski definition) is 4. The highest BCUT2D eigenvalue weighted by molar-refractivity contribution is 14.0. The lowest BCUT2D eigenvalue weighted by atomic mass is 10.4. The van der Waals surface area contributed by atoms with Gasteiger partial charge in [-0.25, -0.2) is 9.98 Å². The molecule has 1 aromatic heterocycles. The number of rotatable bonds is 6. The molecule has 0 amide bonds. The fraction of sp³-hybridized carbons (Fsp3) is 0.636. The summed E-state index contributed by atoms with van der Waals surface area (Å²) in [7, 11) is 0. The molecule has 0 bridgehead atoms. The van der Waals surface area contributed by atoms with Gasteiger partial charge in [-0.15, -0.1) is 35.3 Å². The van der Waals surface area contributed by atoms with Crippen molar-refractivity contribution in [1.29, 1.82) is 0 Å². The monoisotopic (exact) mass is 384 g/mol. The van der Waals surface area contributed by atoms with Crippen LogP contribution in [0.1, 0.15) is 23.7 Å². The van der Waals surface area contributed by atoms with E-state index in [-0.39, 0.29) is 30.6 Å². The molecule has 0 fully saturated rings. The third-order valence-electron chi connectivity index (χ3n) is 2.07. The number of aryl methyl sites for hydroxylation is 1. The highest BCUT2D eigenvalue weighted by atomic mass is 127. The van der Waals surface area contributed by atoms with Crippen LogP contribution < -0.4 is 10.6 Å². The standard InChI is InChI=1S/C11H20N4OS.HI/c1-3-9-7-14-10(17-9)8-15-11(12-4-2)13-5-6-16;/h7,16H,3-6,8H2,1-2H3,(H2,12,13,15);1H. The minimum Gasteiger partial charge on any atom is -0.395 e. The first kappa shape index (κ1) is 17.6. The number of nitrogens with zero attached hydrogens (tertiary/aromatic N) is 2. The molecule has 1 aromatic rings. The van der Waals surface area contributed by atoms with Crippen LogP contribution in [0.3, 0.4) is 0 Å². The van der Waals surface area contributed by atoms with Crippen LogP contribution in [0.25, 0.3) is 0 Å². The average Bonchev–Trinajstić information content (AvgIpc) is 2.80. The number of aliphatic hydroxyl groups excluding tert-OH is 1. The number of nitrogens with one attached hydrogen (secondary N) is 2. The van der Waals surface area contributed by atoms with Gasteiger partial charge in [0, 0.05) is 24.2 Å². The van der Waals surface area contributed by atoms with Crippen LogP contribution in [0.15, 0.2) is 11.2 Å². The number of hydrogen-bond donors (Lipinski definition) is 3. The summed E-state index contributed by atoms with van der Waals surface area (Å²) in [6.07, 6.45) is 2.92. The van der Waals surface area contributed by atoms with Gasteiger partial charge in [-0.3, -0.25) is 0 Å². The first-order chi connectivity index (χ1) is 8.30. The minimum absolute atomic E-state index is 0. The largest absolute Gasteiger partial charge is 0.395 e. The lowest BCUT2D eigenvalue weighted by Gasteiger charge is -2.09. The molecule has 7 heteroatoms. The third-order valence-corrected chi connectivity index (χ3v) is 3.20. The highest BCUT2D eigenvalue weighted by Crippen LogP contribution is 2.13. The van der Waals surface area contributed by atoms with E-state index in [0.29, 0.717) is 13.1 Å². The zero-order valence-electron chi connectivity index (χ0n) is 10.8. The molecule has 0 aromatic carbocycles. The fourth-order valence-corrected chi connectivity index (χ4v) is 2.03. The van der Waals surface area contributed by atoms with E-state index < -0.39 is 0 Å². The van der Waals surface area contributed by atoms with E-state index >= 15 is 0 Å². The van der Waals surface area contributed by atoms with Crippen LogP contribution in [0.2, 0.25) is 0 Å². The third kappa shape index (κ3) is 6.50. The van der Waals surface area contributed by atoms with E-state index in [1.54, 1.807) is 11.3 Å². The Labute approximate surface area is 129 Å². The van der Waals surface area contributed by atoms with Gasteiger partial charge >= 0.3 is 0 Å². The molecule has 0 radical (unpaired) electrons. The van der Waals surface area contributed by atoms with Gasteiger partial charge in [-0.1, -0.05) is 6.92 Å². The van der Waals surface area contributed by atoms with E-state index in [1.807, 2.05) is 13.1 Å². The number of thiazole rings is 1. The average molecular weight is 384 g/mol. The Morgan fingerprint density at radius 2 is 2.22 bits per heavy atom. The molecule has 0 atom stereocenters. The molecular formula is C11H21IN4OS. The van der Waals surface area contributed by atoms with Crippen LogP contribution in [0.4, 0.5) is 0 Å². The summed E-state index contributed by atoms with van der Waals surface area (Å²) in [5.74, 6) is 0.717. The maximum atomic E-state index is 8.75. The lowest BCUT2D eigenvalue weighted by molar-refractivity contribution is 0.300. The number of halogens is 1. The summed E-state index contributed by atoms with van der Waals surface area (Å²) in [4.78, 5) is 9.99. The van der Waals surface area contributed by atoms with Gasteiger partial charge in [0.1, 0.15) is 5.01 Å². The van der Waals surface area contributed by atoms with Gasteiger partial charge in [0.2, 0.25) is 0 Å². The van der Waals surface area contributed by atoms with Crippen molar-refractivity contribution in [2.75, 3.05) is 19.7 Å². The number of aromatic nitrogens is 1. The Bertz CT molecular complexity index is 357. The smallest absolute Gasteiger partial charge is 0.191 e. The summed E-state index contributed by atoms with van der Waals surface area (Å²) in [6, 6.07) is 0. The molecule has 0 aliphatic carbocycles. The van der Waals surface area contributed by atoms with Gasteiger partial charge in [0.05, 0.1) is 13.2 Å². The predicted molar refractivity (Wildman–Crippen MR) is 86.8 cm³/mol. The molecule has 1 heterocycles. The van der Waals surface area contributed by atoms with Crippen molar-refractivity contribution in [3.8, 4) is 0 Å². The van der Waals surface area contributed by atoms with Crippen LogP contribution in [0.5, 0.6) is 0 Å². The second kappa shape index (κ2) is 10.5. The summed E-state index contributed by atoms with van der Waals surface area (Å²) in [5, 5.41) is 15.9. The number of aliphatic imine (C=N–C) groups is 1. The molecule has 0 aliphatic rings. The van der Waals surface area contributed by atoms with E-state index in [4.69, 9.17) is 5.11 Å². The molecule has 18 heavy (non-hydrogen) atoms. The Hall–Kier alpha value is -0.410. The second-order valence-electron chi connectivity index (χ2n) is 3.42. The van der Waals surface area contributed by atoms with Gasteiger partial charge in [-0.2, -0.15) is 0 Å². The van der Waals surface area contributed by atoms with Gasteiger partial charge in [0.15, 0.2) is 5.96 Å². The molecule has 5 nitrogen and oxygen atoms in total. The lowest BCUT2D eigenvalue weighted by Crippen LogP contribution is -2.38. The second-order valence-corrected chi connectivity index (χ2v) is 4.62. The van der Waals surface area contributed by atoms with E-state index in [1.165, 1.54) is 4.88 Å². The van der Waals surface area contributed by atoms with Crippen molar-refractivity contribution in [2.45, 2.75) is 26.8 Å². The Balaban J connectivity index is 0.00000289. The first-order valence-corrected chi connectivity index (χ1v) is 6.68. The molecule has 1 rings (SSSR count). The molecule has 0 aliphatic heterocycles. The highest BCUT2D eigenvalue weighted by Gasteiger charge is 2.00. The van der Waals surface area contributed by atoms with E-state index in [2.05, 4.69) is 27.5 Å². The van der Waals surface area contributed by atoms with Gasteiger partial charge in [0.25, 0.3) is 0 Å². The van der Waals surface area contributed by atoms with E-state index in [0.717, 1.165) is 23.9 Å². The fourth-order valence-electron chi connectivity index (χ4n) is 1.25. The van der Waals surface area contributed by atoms with Crippen molar-refractivity contribution >= 4 is 41.3 Å². The van der Waals surface area contributed by atoms with Crippen LogP contribution in [0, 0.1) is 0 Å². The van der Waals surface area contributed by atoms with Crippen molar-refractivity contribution in [3.63, 3.8) is 0 Å². The van der Waals surface area contributed by atoms with Crippen molar-refractivity contribution < 1.29 is 5.11 Å². The van der Waals surface area contributed by atoms with Crippen molar-refractivity contribution in [3.05, 3.63) is 16.1 Å². The Morgan fingerprint density at radius 1 is 1.44 bits per heavy atom. The zero-order chi connectivity index (χ0) is 12.5. The van der Waals surface area contributed by atoms with Gasteiger partial charge < -0.3 is 15.7 Å². The summed E-state index contributed by atoms with van der Waals surface area (Å²) in [5.41, 5.74) is 0. The molecule has 0 saturated carbocycles. The topological polar surface area (TPSA) is 69.5 Å². The summed E-state index contributed by atoms with van der Waals surface area (Å²) in [6.45, 7) is 6.11. The summed E-state index contributed by atoms with van der Waals surface area (Å²) >= 11 is 1.69. The quantitative estimate of drug-likeness (QED) is 0.394. The Kier molecular flexibility index (Phi) is 10.3. The molecule has 3 N–H and O–H groups in total. The van der Waals surface area contributed by atoms with Crippen LogP contribution >= 0.6 is 35.3 Å². The maximum absolute atomic E-state index is 8.75.